The van der Waals surface area contributed by atoms with Crippen LogP contribution in [0.4, 0.5) is 4.79 Å². The molecule has 2 atom stereocenters. The first kappa shape index (κ1) is 19.7. The van der Waals surface area contributed by atoms with Crippen LogP contribution in [0.2, 0.25) is 0 Å². The van der Waals surface area contributed by atoms with E-state index in [1.165, 1.54) is 7.11 Å². The molecule has 23 heavy (non-hydrogen) atoms. The number of unbranched alkanes of at least 4 members (excludes halogenated alkanes) is 1. The molecule has 0 aromatic heterocycles. The summed E-state index contributed by atoms with van der Waals surface area (Å²) < 4.78 is 10.9. The van der Waals surface area contributed by atoms with Gasteiger partial charge in [0.25, 0.3) is 0 Å². The van der Waals surface area contributed by atoms with Crippen molar-refractivity contribution in [1.29, 1.82) is 0 Å². The van der Waals surface area contributed by atoms with Gasteiger partial charge in [-0.15, -0.1) is 0 Å². The lowest BCUT2D eigenvalue weighted by Crippen LogP contribution is -2.39. The molecule has 130 valence electrons. The molecule has 6 nitrogen and oxygen atoms in total. The summed E-state index contributed by atoms with van der Waals surface area (Å²) in [5, 5.41) is 12.6. The zero-order valence-corrected chi connectivity index (χ0v) is 15.1. The Hall–Kier alpha value is -1.31. The van der Waals surface area contributed by atoms with E-state index in [0.29, 0.717) is 25.1 Å². The normalized spacial score (nSPS) is 13.3. The summed E-state index contributed by atoms with van der Waals surface area (Å²) in [6.45, 7) is 2.54. The number of benzene rings is 1. The lowest BCUT2D eigenvalue weighted by Gasteiger charge is -2.21. The van der Waals surface area contributed by atoms with Crippen LogP contribution < -0.4 is 15.8 Å². The monoisotopic (exact) mass is 388 g/mol. The minimum absolute atomic E-state index is 0.448. The first-order valence-electron chi connectivity index (χ1n) is 7.68. The van der Waals surface area contributed by atoms with Crippen molar-refractivity contribution in [3.05, 3.63) is 28.2 Å². The van der Waals surface area contributed by atoms with Crippen LogP contribution in [-0.4, -0.2) is 37.2 Å². The van der Waals surface area contributed by atoms with Crippen LogP contribution in [0.3, 0.4) is 0 Å². The minimum Gasteiger partial charge on any atom is -0.472 e. The van der Waals surface area contributed by atoms with E-state index in [2.05, 4.69) is 32.9 Å². The number of aliphatic hydroxyl groups excluding tert-OH is 1. The highest BCUT2D eigenvalue weighted by Crippen LogP contribution is 2.27. The summed E-state index contributed by atoms with van der Waals surface area (Å²) in [5.41, 5.74) is 6.90. The number of carbonyl (C=O) groups excluding carboxylic acids is 1. The fourth-order valence-electron chi connectivity index (χ4n) is 1.98. The van der Waals surface area contributed by atoms with Gasteiger partial charge in [-0.2, -0.15) is 0 Å². The molecule has 7 heteroatoms. The molecule has 0 saturated carbocycles. The Morgan fingerprint density at radius 1 is 1.48 bits per heavy atom. The maximum atomic E-state index is 11.0. The Morgan fingerprint density at radius 3 is 2.83 bits per heavy atom. The van der Waals surface area contributed by atoms with Gasteiger partial charge in [-0.25, -0.2) is 4.79 Å². The zero-order chi connectivity index (χ0) is 17.2. The van der Waals surface area contributed by atoms with Crippen LogP contribution in [-0.2, 0) is 11.2 Å². The highest BCUT2D eigenvalue weighted by atomic mass is 79.9. The molecule has 4 N–H and O–H groups in total. The molecule has 1 aromatic rings. The number of nitrogens with one attached hydrogen (secondary N) is 1. The van der Waals surface area contributed by atoms with Gasteiger partial charge in [0, 0.05) is 6.54 Å². The number of nitrogens with two attached hydrogens (primary N) is 1. The van der Waals surface area contributed by atoms with Gasteiger partial charge < -0.3 is 19.9 Å². The molecule has 0 aliphatic rings. The van der Waals surface area contributed by atoms with E-state index in [1.54, 1.807) is 6.07 Å². The van der Waals surface area contributed by atoms with E-state index in [0.717, 1.165) is 22.9 Å². The second-order valence-corrected chi connectivity index (χ2v) is 6.08. The van der Waals surface area contributed by atoms with E-state index in [-0.39, 0.29) is 0 Å². The smallest absolute Gasteiger partial charge is 0.406 e. The molecule has 0 spiro atoms. The lowest BCUT2D eigenvalue weighted by molar-refractivity contribution is 0.0329. The average molecular weight is 389 g/mol. The van der Waals surface area contributed by atoms with Gasteiger partial charge in [-0.05, 0) is 46.5 Å². The lowest BCUT2D eigenvalue weighted by atomic mass is 10.1. The summed E-state index contributed by atoms with van der Waals surface area (Å²) in [5.74, 6) is 0.581. The van der Waals surface area contributed by atoms with Gasteiger partial charge in [0.15, 0.2) is 6.23 Å². The van der Waals surface area contributed by atoms with Gasteiger partial charge in [-0.1, -0.05) is 25.8 Å². The standard InChI is InChI=1S/C16H25BrN2O4/c1-3-4-5-13(20)15(18)23-14-7-6-11(10-12(14)17)8-9-19-16(21)22-2/h6-7,10,13,15,20H,3-5,8-9,18H2,1-2H3,(H,19,21). The molecule has 1 rings (SSSR count). The second kappa shape index (κ2) is 10.5. The molecular formula is C16H25BrN2O4. The van der Waals surface area contributed by atoms with Gasteiger partial charge in [0.2, 0.25) is 0 Å². The molecule has 0 saturated heterocycles. The number of carbonyl (C=O) groups is 1. The SMILES string of the molecule is CCCCC(O)C(N)Oc1ccc(CCNC(=O)OC)cc1Br. The number of ether oxygens (including phenoxy) is 2. The number of aliphatic hydroxyl groups is 1. The molecule has 0 radical (unpaired) electrons. The molecule has 0 aliphatic heterocycles. The maximum absolute atomic E-state index is 11.0. The summed E-state index contributed by atoms with van der Waals surface area (Å²) in [6.07, 6.45) is 1.30. The highest BCUT2D eigenvalue weighted by molar-refractivity contribution is 9.10. The van der Waals surface area contributed by atoms with E-state index >= 15 is 0 Å². The Morgan fingerprint density at radius 2 is 2.22 bits per heavy atom. The number of hydrogen-bond acceptors (Lipinski definition) is 5. The molecule has 0 fully saturated rings. The number of alkyl carbamates (subject to hydrolysis) is 1. The number of hydrogen-bond donors (Lipinski definition) is 3. The van der Waals surface area contributed by atoms with Crippen LogP contribution >= 0.6 is 15.9 Å². The van der Waals surface area contributed by atoms with Crippen molar-refractivity contribution >= 4 is 22.0 Å². The van der Waals surface area contributed by atoms with Gasteiger partial charge >= 0.3 is 6.09 Å². The van der Waals surface area contributed by atoms with Crippen molar-refractivity contribution in [2.75, 3.05) is 13.7 Å². The van der Waals surface area contributed by atoms with Crippen LogP contribution in [0, 0.1) is 0 Å². The van der Waals surface area contributed by atoms with Crippen molar-refractivity contribution in [2.24, 2.45) is 5.73 Å². The summed E-state index contributed by atoms with van der Waals surface area (Å²) in [4.78, 5) is 11.0. The van der Waals surface area contributed by atoms with E-state index in [4.69, 9.17) is 10.5 Å². The molecular weight excluding hydrogens is 364 g/mol. The summed E-state index contributed by atoms with van der Waals surface area (Å²) >= 11 is 3.44. The van der Waals surface area contributed by atoms with E-state index in [9.17, 15) is 9.90 Å². The Labute approximate surface area is 145 Å². The highest BCUT2D eigenvalue weighted by Gasteiger charge is 2.17. The Balaban J connectivity index is 2.53. The van der Waals surface area contributed by atoms with Crippen molar-refractivity contribution in [2.45, 2.75) is 44.9 Å². The number of halogens is 1. The summed E-state index contributed by atoms with van der Waals surface area (Å²) in [7, 11) is 1.33. The van der Waals surface area contributed by atoms with E-state index in [1.807, 2.05) is 12.1 Å². The largest absolute Gasteiger partial charge is 0.472 e. The maximum Gasteiger partial charge on any atom is 0.406 e. The van der Waals surface area contributed by atoms with Crippen molar-refractivity contribution in [3.8, 4) is 5.75 Å². The average Bonchev–Trinajstić information content (AvgIpc) is 2.54. The molecule has 1 amide bonds. The predicted octanol–water partition coefficient (Wildman–Crippen LogP) is 2.56. The Bertz CT molecular complexity index is 499. The van der Waals surface area contributed by atoms with Gasteiger partial charge in [0.1, 0.15) is 11.9 Å². The predicted molar refractivity (Wildman–Crippen MR) is 92.4 cm³/mol. The van der Waals surface area contributed by atoms with Crippen molar-refractivity contribution in [3.63, 3.8) is 0 Å². The van der Waals surface area contributed by atoms with Crippen molar-refractivity contribution in [1.82, 2.24) is 5.32 Å². The van der Waals surface area contributed by atoms with Crippen LogP contribution in [0.25, 0.3) is 0 Å². The van der Waals surface area contributed by atoms with Gasteiger partial charge in [-0.3, -0.25) is 5.73 Å². The number of amides is 1. The first-order valence-corrected chi connectivity index (χ1v) is 8.47. The molecule has 1 aromatic carbocycles. The third kappa shape index (κ3) is 7.20. The minimum atomic E-state index is -0.760. The molecule has 0 heterocycles. The Kier molecular flexibility index (Phi) is 8.98. The second-order valence-electron chi connectivity index (χ2n) is 5.23. The quantitative estimate of drug-likeness (QED) is 0.565. The molecule has 2 unspecified atom stereocenters. The third-order valence-corrected chi connectivity index (χ3v) is 3.98. The zero-order valence-electron chi connectivity index (χ0n) is 13.5. The summed E-state index contributed by atoms with van der Waals surface area (Å²) in [6, 6.07) is 5.59. The fraction of sp³-hybridized carbons (Fsp3) is 0.562. The topological polar surface area (TPSA) is 93.8 Å². The first-order chi connectivity index (χ1) is 11.0. The van der Waals surface area contributed by atoms with Crippen LogP contribution in [0.15, 0.2) is 22.7 Å². The van der Waals surface area contributed by atoms with Crippen molar-refractivity contribution < 1.29 is 19.4 Å². The third-order valence-electron chi connectivity index (χ3n) is 3.36. The number of rotatable bonds is 9. The van der Waals surface area contributed by atoms with Crippen LogP contribution in [0.5, 0.6) is 5.75 Å². The van der Waals surface area contributed by atoms with Gasteiger partial charge in [0.05, 0.1) is 11.6 Å². The fourth-order valence-corrected chi connectivity index (χ4v) is 2.50. The van der Waals surface area contributed by atoms with E-state index < -0.39 is 18.4 Å². The van der Waals surface area contributed by atoms with Crippen LogP contribution in [0.1, 0.15) is 31.7 Å². The molecule has 0 bridgehead atoms. The molecule has 0 aliphatic carbocycles. The number of methoxy groups -OCH3 is 1.